The van der Waals surface area contributed by atoms with Crippen LogP contribution in [0, 0.1) is 0 Å². The number of nitrogens with zero attached hydrogens (tertiary/aromatic N) is 1. The van der Waals surface area contributed by atoms with Crippen molar-refractivity contribution in [3.05, 3.63) is 21.9 Å². The van der Waals surface area contributed by atoms with Gasteiger partial charge in [0.05, 0.1) is 0 Å². The monoisotopic (exact) mass is 363 g/mol. The molecule has 1 aliphatic heterocycles. The molecular weight excluding hydrogens is 334 g/mol. The summed E-state index contributed by atoms with van der Waals surface area (Å²) in [6, 6.07) is 2.27. The summed E-state index contributed by atoms with van der Waals surface area (Å²) >= 11 is 1.78. The maximum absolute atomic E-state index is 12.3. The lowest BCUT2D eigenvalue weighted by Gasteiger charge is -2.27. The molecule has 1 aromatic heterocycles. The van der Waals surface area contributed by atoms with E-state index in [0.29, 0.717) is 19.5 Å². The molecule has 0 aromatic carbocycles. The molecule has 0 saturated heterocycles. The van der Waals surface area contributed by atoms with E-state index in [-0.39, 0.29) is 18.0 Å². The molecular formula is C19H29N3O2S. The number of nitrogens with one attached hydrogen (secondary N) is 2. The molecule has 2 N–H and O–H groups in total. The van der Waals surface area contributed by atoms with Gasteiger partial charge in [0.2, 0.25) is 5.91 Å². The molecule has 138 valence electrons. The van der Waals surface area contributed by atoms with Gasteiger partial charge < -0.3 is 15.5 Å². The third kappa shape index (κ3) is 5.46. The number of hydrogen-bond donors (Lipinski definition) is 2. The Hall–Kier alpha value is -1.56. The predicted octanol–water partition coefficient (Wildman–Crippen LogP) is 3.44. The van der Waals surface area contributed by atoms with E-state index in [0.717, 1.165) is 25.8 Å². The predicted molar refractivity (Wildman–Crippen MR) is 101 cm³/mol. The van der Waals surface area contributed by atoms with Crippen LogP contribution in [0.25, 0.3) is 0 Å². The zero-order valence-corrected chi connectivity index (χ0v) is 15.7. The molecule has 0 unspecified atom stereocenters. The Balaban J connectivity index is 1.34. The first-order valence-corrected chi connectivity index (χ1v) is 10.5. The number of rotatable bonds is 4. The fourth-order valence-corrected chi connectivity index (χ4v) is 4.63. The molecule has 5 nitrogen and oxygen atoms in total. The van der Waals surface area contributed by atoms with E-state index in [1.54, 1.807) is 11.3 Å². The highest BCUT2D eigenvalue weighted by Gasteiger charge is 2.21. The lowest BCUT2D eigenvalue weighted by atomic mass is 9.97. The van der Waals surface area contributed by atoms with Crippen LogP contribution in [0.4, 0.5) is 4.79 Å². The van der Waals surface area contributed by atoms with Crippen molar-refractivity contribution in [3.63, 3.8) is 0 Å². The summed E-state index contributed by atoms with van der Waals surface area (Å²) in [6.45, 7) is 1.91. The van der Waals surface area contributed by atoms with Crippen molar-refractivity contribution < 1.29 is 9.59 Å². The van der Waals surface area contributed by atoms with Crippen molar-refractivity contribution in [3.8, 4) is 0 Å². The third-order valence-electron chi connectivity index (χ3n) is 5.23. The Bertz CT molecular complexity index is 579. The zero-order valence-electron chi connectivity index (χ0n) is 14.9. The fraction of sp³-hybridized carbons (Fsp3) is 0.684. The standard InChI is InChI=1S/C19H29N3O2S/c23-18(22-12-9-17-15(14-22)10-13-25-17)8-11-20-19(24)21-16-6-4-2-1-3-5-7-16/h10,13,16H,1-9,11-12,14H2,(H2,20,21,24). The molecule has 1 aromatic rings. The molecule has 1 fully saturated rings. The number of amides is 3. The largest absolute Gasteiger partial charge is 0.338 e. The number of thiophene rings is 1. The van der Waals surface area contributed by atoms with Crippen molar-refractivity contribution in [2.24, 2.45) is 0 Å². The molecule has 6 heteroatoms. The van der Waals surface area contributed by atoms with Crippen molar-refractivity contribution in [1.29, 1.82) is 0 Å². The van der Waals surface area contributed by atoms with Crippen LogP contribution in [-0.4, -0.2) is 36.0 Å². The van der Waals surface area contributed by atoms with Crippen LogP contribution in [0.5, 0.6) is 0 Å². The molecule has 0 radical (unpaired) electrons. The molecule has 1 aliphatic carbocycles. The highest BCUT2D eigenvalue weighted by Crippen LogP contribution is 2.24. The van der Waals surface area contributed by atoms with Gasteiger partial charge in [-0.15, -0.1) is 11.3 Å². The van der Waals surface area contributed by atoms with Crippen molar-refractivity contribution >= 4 is 23.3 Å². The summed E-state index contributed by atoms with van der Waals surface area (Å²) in [5.74, 6) is 0.128. The molecule has 25 heavy (non-hydrogen) atoms. The van der Waals surface area contributed by atoms with E-state index in [1.807, 2.05) is 4.90 Å². The van der Waals surface area contributed by atoms with Crippen LogP contribution >= 0.6 is 11.3 Å². The number of carbonyl (C=O) groups is 2. The van der Waals surface area contributed by atoms with Gasteiger partial charge in [0.15, 0.2) is 0 Å². The normalized spacial score (nSPS) is 18.8. The van der Waals surface area contributed by atoms with Gasteiger partial charge in [0.25, 0.3) is 0 Å². The minimum absolute atomic E-state index is 0.128. The second kappa shape index (κ2) is 9.22. The van der Waals surface area contributed by atoms with Gasteiger partial charge in [-0.2, -0.15) is 0 Å². The van der Waals surface area contributed by atoms with Crippen LogP contribution < -0.4 is 10.6 Å². The Morgan fingerprint density at radius 3 is 2.72 bits per heavy atom. The van der Waals surface area contributed by atoms with Gasteiger partial charge in [0.1, 0.15) is 0 Å². The van der Waals surface area contributed by atoms with Crippen LogP contribution in [0.1, 0.15) is 61.8 Å². The summed E-state index contributed by atoms with van der Waals surface area (Å²) in [6.07, 6.45) is 9.74. The molecule has 2 aliphatic rings. The van der Waals surface area contributed by atoms with Crippen LogP contribution in [0.2, 0.25) is 0 Å². The van der Waals surface area contributed by atoms with Crippen LogP contribution in [0.15, 0.2) is 11.4 Å². The average molecular weight is 364 g/mol. The number of hydrogen-bond acceptors (Lipinski definition) is 3. The first-order valence-electron chi connectivity index (χ1n) is 9.60. The van der Waals surface area contributed by atoms with Gasteiger partial charge in [0, 0.05) is 37.0 Å². The van der Waals surface area contributed by atoms with Crippen molar-refractivity contribution in [2.75, 3.05) is 13.1 Å². The zero-order chi connectivity index (χ0) is 17.5. The van der Waals surface area contributed by atoms with E-state index in [9.17, 15) is 9.59 Å². The highest BCUT2D eigenvalue weighted by molar-refractivity contribution is 7.10. The number of fused-ring (bicyclic) bond motifs is 1. The highest BCUT2D eigenvalue weighted by atomic mass is 32.1. The summed E-state index contributed by atoms with van der Waals surface area (Å²) in [5, 5.41) is 8.03. The second-order valence-corrected chi connectivity index (χ2v) is 8.13. The Labute approximate surface area is 154 Å². The molecule has 0 atom stereocenters. The minimum Gasteiger partial charge on any atom is -0.338 e. The quantitative estimate of drug-likeness (QED) is 0.861. The van der Waals surface area contributed by atoms with Crippen molar-refractivity contribution in [2.45, 2.75) is 70.4 Å². The maximum atomic E-state index is 12.3. The van der Waals surface area contributed by atoms with Gasteiger partial charge in [-0.1, -0.05) is 32.1 Å². The van der Waals surface area contributed by atoms with E-state index >= 15 is 0 Å². The minimum atomic E-state index is -0.128. The molecule has 3 amide bonds. The molecule has 0 bridgehead atoms. The molecule has 3 rings (SSSR count). The van der Waals surface area contributed by atoms with Gasteiger partial charge >= 0.3 is 6.03 Å². The maximum Gasteiger partial charge on any atom is 0.315 e. The van der Waals surface area contributed by atoms with E-state index < -0.39 is 0 Å². The topological polar surface area (TPSA) is 61.4 Å². The molecule has 1 saturated carbocycles. The smallest absolute Gasteiger partial charge is 0.315 e. The second-order valence-electron chi connectivity index (χ2n) is 7.13. The Morgan fingerprint density at radius 2 is 1.92 bits per heavy atom. The average Bonchev–Trinajstić information content (AvgIpc) is 3.04. The van der Waals surface area contributed by atoms with Gasteiger partial charge in [-0.05, 0) is 36.3 Å². The Kier molecular flexibility index (Phi) is 6.73. The summed E-state index contributed by atoms with van der Waals surface area (Å²) in [4.78, 5) is 27.7. The van der Waals surface area contributed by atoms with E-state index in [2.05, 4.69) is 22.1 Å². The van der Waals surface area contributed by atoms with Gasteiger partial charge in [-0.3, -0.25) is 4.79 Å². The van der Waals surface area contributed by atoms with Gasteiger partial charge in [-0.25, -0.2) is 4.79 Å². The third-order valence-corrected chi connectivity index (χ3v) is 6.25. The lowest BCUT2D eigenvalue weighted by Crippen LogP contribution is -2.44. The van der Waals surface area contributed by atoms with Crippen LogP contribution in [-0.2, 0) is 17.8 Å². The summed E-state index contributed by atoms with van der Waals surface area (Å²) < 4.78 is 0. The molecule has 2 heterocycles. The van der Waals surface area contributed by atoms with E-state index in [1.165, 1.54) is 42.5 Å². The fourth-order valence-electron chi connectivity index (χ4n) is 3.74. The summed E-state index contributed by atoms with van der Waals surface area (Å²) in [7, 11) is 0. The SMILES string of the molecule is O=C(NCCC(=O)N1CCc2sccc2C1)NC1CCCCCCC1. The van der Waals surface area contributed by atoms with Crippen molar-refractivity contribution in [1.82, 2.24) is 15.5 Å². The molecule has 0 spiro atoms. The first-order chi connectivity index (χ1) is 12.2. The first kappa shape index (κ1) is 18.2. The lowest BCUT2D eigenvalue weighted by molar-refractivity contribution is -0.131. The summed E-state index contributed by atoms with van der Waals surface area (Å²) in [5.41, 5.74) is 1.28. The number of urea groups is 1. The van der Waals surface area contributed by atoms with Crippen LogP contribution in [0.3, 0.4) is 0 Å². The number of carbonyl (C=O) groups excluding carboxylic acids is 2. The van der Waals surface area contributed by atoms with E-state index in [4.69, 9.17) is 0 Å². The Morgan fingerprint density at radius 1 is 1.16 bits per heavy atom.